The number of nitrogens with zero attached hydrogens (tertiary/aromatic N) is 3. The Bertz CT molecular complexity index is 1100. The summed E-state index contributed by atoms with van der Waals surface area (Å²) in [6.07, 6.45) is 0.922. The standard InChI is InChI=1S/C25H30N4O5/c1-16-12-18(15-26)13-17(2)23(16)33-20-6-7-22(29(31)32)21(14-20)27-19-8-10-28(11-9-19)24(30)34-25(3,4)5/h6-7,12-14,19,27H,8-11H2,1-5H3. The third-order valence-electron chi connectivity index (χ3n) is 5.48. The molecule has 2 aromatic carbocycles. The monoisotopic (exact) mass is 466 g/mol. The Kier molecular flexibility index (Phi) is 7.30. The van der Waals surface area contributed by atoms with Crippen molar-refractivity contribution in [3.8, 4) is 17.6 Å². The molecule has 1 heterocycles. The minimum Gasteiger partial charge on any atom is -0.457 e. The lowest BCUT2D eigenvalue weighted by Crippen LogP contribution is -2.44. The molecule has 9 nitrogen and oxygen atoms in total. The third kappa shape index (κ3) is 6.16. The average molecular weight is 467 g/mol. The van der Waals surface area contributed by atoms with E-state index < -0.39 is 10.5 Å². The molecule has 0 aromatic heterocycles. The first-order valence-corrected chi connectivity index (χ1v) is 11.2. The number of amides is 1. The number of nitriles is 1. The lowest BCUT2D eigenvalue weighted by Gasteiger charge is -2.34. The van der Waals surface area contributed by atoms with E-state index >= 15 is 0 Å². The van der Waals surface area contributed by atoms with Crippen molar-refractivity contribution in [2.75, 3.05) is 18.4 Å². The molecule has 1 aliphatic heterocycles. The molecule has 3 rings (SSSR count). The van der Waals surface area contributed by atoms with E-state index in [9.17, 15) is 14.9 Å². The number of aryl methyl sites for hydroxylation is 2. The summed E-state index contributed by atoms with van der Waals surface area (Å²) in [7, 11) is 0. The number of nitro benzene ring substituents is 1. The first-order chi connectivity index (χ1) is 16.0. The van der Waals surface area contributed by atoms with Gasteiger partial charge in [0, 0.05) is 31.3 Å². The molecular formula is C25H30N4O5. The van der Waals surface area contributed by atoms with E-state index in [0.717, 1.165) is 11.1 Å². The number of anilines is 1. The normalized spacial score (nSPS) is 14.3. The first kappa shape index (κ1) is 24.8. The summed E-state index contributed by atoms with van der Waals surface area (Å²) in [5.74, 6) is 1.07. The molecule has 1 amide bonds. The van der Waals surface area contributed by atoms with E-state index in [1.54, 1.807) is 29.2 Å². The van der Waals surface area contributed by atoms with E-state index in [2.05, 4.69) is 11.4 Å². The number of hydrogen-bond donors (Lipinski definition) is 1. The predicted octanol–water partition coefficient (Wildman–Crippen LogP) is 5.69. The van der Waals surface area contributed by atoms with Gasteiger partial charge in [-0.05, 0) is 76.8 Å². The SMILES string of the molecule is Cc1cc(C#N)cc(C)c1Oc1ccc([N+](=O)[O-])c(NC2CCN(C(=O)OC(C)(C)C)CC2)c1. The number of hydrogen-bond acceptors (Lipinski definition) is 7. The second-order valence-electron chi connectivity index (χ2n) is 9.48. The molecule has 0 radical (unpaired) electrons. The molecule has 0 unspecified atom stereocenters. The van der Waals surface area contributed by atoms with E-state index in [0.29, 0.717) is 48.7 Å². The smallest absolute Gasteiger partial charge is 0.410 e. The first-order valence-electron chi connectivity index (χ1n) is 11.2. The predicted molar refractivity (Wildman–Crippen MR) is 128 cm³/mol. The van der Waals surface area contributed by atoms with Crippen LogP contribution >= 0.6 is 0 Å². The Morgan fingerprint density at radius 2 is 1.79 bits per heavy atom. The summed E-state index contributed by atoms with van der Waals surface area (Å²) in [6.45, 7) is 10.2. The van der Waals surface area contributed by atoms with Gasteiger partial charge < -0.3 is 19.7 Å². The molecule has 0 spiro atoms. The van der Waals surface area contributed by atoms with Gasteiger partial charge in [0.05, 0.1) is 16.6 Å². The van der Waals surface area contributed by atoms with Gasteiger partial charge >= 0.3 is 6.09 Å². The van der Waals surface area contributed by atoms with Crippen molar-refractivity contribution in [2.45, 2.75) is 59.1 Å². The number of benzene rings is 2. The molecule has 1 fully saturated rings. The molecule has 1 N–H and O–H groups in total. The lowest BCUT2D eigenvalue weighted by atomic mass is 10.0. The van der Waals surface area contributed by atoms with Crippen molar-refractivity contribution < 1.29 is 19.2 Å². The van der Waals surface area contributed by atoms with Crippen molar-refractivity contribution in [1.82, 2.24) is 4.90 Å². The highest BCUT2D eigenvalue weighted by molar-refractivity contribution is 5.68. The molecule has 0 saturated carbocycles. The zero-order valence-corrected chi connectivity index (χ0v) is 20.2. The van der Waals surface area contributed by atoms with Crippen LogP contribution in [0.1, 0.15) is 50.3 Å². The average Bonchev–Trinajstić information content (AvgIpc) is 2.75. The minimum atomic E-state index is -0.557. The molecule has 2 aromatic rings. The highest BCUT2D eigenvalue weighted by Gasteiger charge is 2.28. The van der Waals surface area contributed by atoms with Crippen LogP contribution in [-0.2, 0) is 4.74 Å². The summed E-state index contributed by atoms with van der Waals surface area (Å²) in [5, 5.41) is 24.0. The van der Waals surface area contributed by atoms with Gasteiger partial charge in [0.15, 0.2) is 0 Å². The maximum absolute atomic E-state index is 12.3. The molecule has 0 aliphatic carbocycles. The molecule has 1 saturated heterocycles. The van der Waals surface area contributed by atoms with Crippen molar-refractivity contribution in [3.05, 3.63) is 57.1 Å². The molecular weight excluding hydrogens is 436 g/mol. The van der Waals surface area contributed by atoms with Crippen LogP contribution in [0.15, 0.2) is 30.3 Å². The van der Waals surface area contributed by atoms with Crippen LogP contribution in [0.25, 0.3) is 0 Å². The summed E-state index contributed by atoms with van der Waals surface area (Å²) >= 11 is 0. The second kappa shape index (κ2) is 10.00. The number of piperidine rings is 1. The van der Waals surface area contributed by atoms with Gasteiger partial charge in [-0.15, -0.1) is 0 Å². The highest BCUT2D eigenvalue weighted by Crippen LogP contribution is 2.35. The van der Waals surface area contributed by atoms with Gasteiger partial charge in [-0.3, -0.25) is 10.1 Å². The second-order valence-corrected chi connectivity index (χ2v) is 9.48. The Balaban J connectivity index is 1.74. The van der Waals surface area contributed by atoms with Crippen molar-refractivity contribution in [2.24, 2.45) is 0 Å². The summed E-state index contributed by atoms with van der Waals surface area (Å²) in [4.78, 5) is 25.1. The Morgan fingerprint density at radius 3 is 2.32 bits per heavy atom. The highest BCUT2D eigenvalue weighted by atomic mass is 16.6. The zero-order chi connectivity index (χ0) is 25.0. The molecule has 0 bridgehead atoms. The quantitative estimate of drug-likeness (QED) is 0.444. The van der Waals surface area contributed by atoms with E-state index in [4.69, 9.17) is 14.7 Å². The number of rotatable bonds is 5. The summed E-state index contributed by atoms with van der Waals surface area (Å²) in [5.41, 5.74) is 1.92. The fourth-order valence-corrected chi connectivity index (χ4v) is 3.90. The zero-order valence-electron chi connectivity index (χ0n) is 20.2. The maximum atomic E-state index is 12.3. The molecule has 9 heteroatoms. The van der Waals surface area contributed by atoms with Crippen LogP contribution in [0.4, 0.5) is 16.2 Å². The Labute approximate surface area is 199 Å². The largest absolute Gasteiger partial charge is 0.457 e. The van der Waals surface area contributed by atoms with Crippen LogP contribution in [0.5, 0.6) is 11.5 Å². The van der Waals surface area contributed by atoms with Gasteiger partial charge in [-0.1, -0.05) is 0 Å². The van der Waals surface area contributed by atoms with Gasteiger partial charge in [0.25, 0.3) is 5.69 Å². The fourth-order valence-electron chi connectivity index (χ4n) is 3.90. The number of carbonyl (C=O) groups excluding carboxylic acids is 1. The summed E-state index contributed by atoms with van der Waals surface area (Å²) < 4.78 is 11.5. The number of carbonyl (C=O) groups is 1. The number of ether oxygens (including phenoxy) is 2. The topological polar surface area (TPSA) is 118 Å². The third-order valence-corrected chi connectivity index (χ3v) is 5.48. The van der Waals surface area contributed by atoms with Crippen LogP contribution in [-0.4, -0.2) is 40.6 Å². The van der Waals surface area contributed by atoms with E-state index in [-0.39, 0.29) is 17.8 Å². The van der Waals surface area contributed by atoms with Crippen molar-refractivity contribution in [3.63, 3.8) is 0 Å². The Morgan fingerprint density at radius 1 is 1.18 bits per heavy atom. The molecule has 1 aliphatic rings. The van der Waals surface area contributed by atoms with Crippen molar-refractivity contribution in [1.29, 1.82) is 5.26 Å². The molecule has 34 heavy (non-hydrogen) atoms. The Hall–Kier alpha value is -3.80. The van der Waals surface area contributed by atoms with Gasteiger partial charge in [-0.2, -0.15) is 5.26 Å². The number of nitro groups is 1. The fraction of sp³-hybridized carbons (Fsp3) is 0.440. The van der Waals surface area contributed by atoms with Crippen molar-refractivity contribution >= 4 is 17.5 Å². The summed E-state index contributed by atoms with van der Waals surface area (Å²) in [6, 6.07) is 10.2. The van der Waals surface area contributed by atoms with Crippen LogP contribution in [0, 0.1) is 35.3 Å². The maximum Gasteiger partial charge on any atom is 0.410 e. The van der Waals surface area contributed by atoms with Gasteiger partial charge in [0.1, 0.15) is 22.8 Å². The van der Waals surface area contributed by atoms with Crippen LogP contribution < -0.4 is 10.1 Å². The van der Waals surface area contributed by atoms with Crippen LogP contribution in [0.3, 0.4) is 0 Å². The number of likely N-dealkylation sites (tertiary alicyclic amines) is 1. The van der Waals surface area contributed by atoms with E-state index in [1.807, 2.05) is 34.6 Å². The minimum absolute atomic E-state index is 0.0361. The number of nitrogens with one attached hydrogen (secondary N) is 1. The van der Waals surface area contributed by atoms with Gasteiger partial charge in [0.2, 0.25) is 0 Å². The lowest BCUT2D eigenvalue weighted by molar-refractivity contribution is -0.384. The van der Waals surface area contributed by atoms with Gasteiger partial charge in [-0.25, -0.2) is 4.79 Å². The van der Waals surface area contributed by atoms with E-state index in [1.165, 1.54) is 6.07 Å². The molecule has 0 atom stereocenters. The van der Waals surface area contributed by atoms with Crippen LogP contribution in [0.2, 0.25) is 0 Å². The molecule has 180 valence electrons.